The van der Waals surface area contributed by atoms with Crippen molar-refractivity contribution in [2.75, 3.05) is 19.8 Å². The lowest BCUT2D eigenvalue weighted by molar-refractivity contribution is -0.151. The molecule has 192 valence electrons. The molecule has 0 aromatic carbocycles. The maximum absolute atomic E-state index is 12.9. The summed E-state index contributed by atoms with van der Waals surface area (Å²) in [5, 5.41) is 3.04. The molecule has 0 saturated heterocycles. The van der Waals surface area contributed by atoms with Crippen molar-refractivity contribution >= 4 is 36.1 Å². The molecule has 1 aromatic heterocycles. The summed E-state index contributed by atoms with van der Waals surface area (Å²) in [5.74, 6) is 0.437. The van der Waals surface area contributed by atoms with Crippen LogP contribution in [0.5, 0.6) is 5.88 Å². The van der Waals surface area contributed by atoms with Crippen molar-refractivity contribution in [3.63, 3.8) is 0 Å². The van der Waals surface area contributed by atoms with E-state index in [0.717, 1.165) is 13.0 Å². The van der Waals surface area contributed by atoms with Crippen molar-refractivity contribution in [1.29, 1.82) is 0 Å². The van der Waals surface area contributed by atoms with E-state index in [-0.39, 0.29) is 17.3 Å². The summed E-state index contributed by atoms with van der Waals surface area (Å²) in [7, 11) is -1.75. The summed E-state index contributed by atoms with van der Waals surface area (Å²) in [6.45, 7) is 18.3. The van der Waals surface area contributed by atoms with Gasteiger partial charge in [0.2, 0.25) is 5.88 Å². The van der Waals surface area contributed by atoms with Crippen LogP contribution in [0, 0.1) is 11.8 Å². The molecule has 1 amide bonds. The number of ether oxygens (including phenoxy) is 2. The molecule has 1 fully saturated rings. The zero-order valence-corrected chi connectivity index (χ0v) is 24.5. The number of carbonyl (C=O) groups is 2. The van der Waals surface area contributed by atoms with Crippen LogP contribution in [0.25, 0.3) is 0 Å². The number of hydrogen-bond donors (Lipinski definition) is 1. The van der Waals surface area contributed by atoms with E-state index in [1.54, 1.807) is 19.1 Å². The Labute approximate surface area is 214 Å². The predicted molar refractivity (Wildman–Crippen MR) is 140 cm³/mol. The molecule has 2 atom stereocenters. The number of rotatable bonds is 12. The zero-order chi connectivity index (χ0) is 25.7. The normalized spacial score (nSPS) is 18.4. The van der Waals surface area contributed by atoms with Gasteiger partial charge in [-0.25, -0.2) is 9.78 Å². The van der Waals surface area contributed by atoms with Crippen molar-refractivity contribution < 1.29 is 23.5 Å². The van der Waals surface area contributed by atoms with Gasteiger partial charge in [-0.2, -0.15) is 0 Å². The van der Waals surface area contributed by atoms with Gasteiger partial charge in [0.15, 0.2) is 8.32 Å². The summed E-state index contributed by atoms with van der Waals surface area (Å²) in [5.41, 5.74) is -0.879. The van der Waals surface area contributed by atoms with Crippen molar-refractivity contribution in [3.8, 4) is 5.88 Å². The van der Waals surface area contributed by atoms with Crippen molar-refractivity contribution in [3.05, 3.63) is 22.3 Å². The third kappa shape index (κ3) is 7.04. The van der Waals surface area contributed by atoms with Crippen LogP contribution in [0.4, 0.5) is 0 Å². The van der Waals surface area contributed by atoms with Crippen LogP contribution in [0.15, 0.2) is 16.6 Å². The third-order valence-electron chi connectivity index (χ3n) is 7.24. The SMILES string of the molecule is CCOC(=O)C(CC)(CC)NC(=O)c1ccc(Br)c(OC[C@@H]2C[C@@H]2CO[Si](C)(C)C(C)(C)C)n1. The number of nitrogens with zero attached hydrogens (tertiary/aromatic N) is 1. The van der Waals surface area contributed by atoms with Gasteiger partial charge in [0.05, 0.1) is 17.7 Å². The summed E-state index contributed by atoms with van der Waals surface area (Å²) < 4.78 is 18.2. The first-order valence-corrected chi connectivity index (χ1v) is 15.9. The quantitative estimate of drug-likeness (QED) is 0.261. The van der Waals surface area contributed by atoms with E-state index < -0.39 is 25.7 Å². The van der Waals surface area contributed by atoms with E-state index in [9.17, 15) is 9.59 Å². The fraction of sp³-hybridized carbons (Fsp3) is 0.720. The second kappa shape index (κ2) is 11.5. The van der Waals surface area contributed by atoms with Crippen LogP contribution in [-0.2, 0) is 14.0 Å². The molecule has 0 radical (unpaired) electrons. The van der Waals surface area contributed by atoms with Crippen LogP contribution in [-0.4, -0.2) is 50.5 Å². The molecule has 1 N–H and O–H groups in total. The minimum absolute atomic E-state index is 0.197. The number of carbonyl (C=O) groups excluding carboxylic acids is 2. The number of aromatic nitrogens is 1. The van der Waals surface area contributed by atoms with Crippen LogP contribution in [0.2, 0.25) is 18.1 Å². The highest BCUT2D eigenvalue weighted by molar-refractivity contribution is 9.10. The molecule has 9 heteroatoms. The fourth-order valence-electron chi connectivity index (χ4n) is 3.40. The number of amides is 1. The third-order valence-corrected chi connectivity index (χ3v) is 12.3. The van der Waals surface area contributed by atoms with Crippen LogP contribution in [0.3, 0.4) is 0 Å². The Morgan fingerprint density at radius 3 is 2.29 bits per heavy atom. The largest absolute Gasteiger partial charge is 0.477 e. The second-order valence-corrected chi connectivity index (χ2v) is 16.2. The Morgan fingerprint density at radius 1 is 1.12 bits per heavy atom. The van der Waals surface area contributed by atoms with E-state index in [0.29, 0.717) is 41.6 Å². The Balaban J connectivity index is 1.98. The van der Waals surface area contributed by atoms with Crippen molar-refractivity contribution in [2.24, 2.45) is 11.8 Å². The molecule has 1 heterocycles. The first-order chi connectivity index (χ1) is 15.8. The van der Waals surface area contributed by atoms with E-state index in [4.69, 9.17) is 13.9 Å². The average molecular weight is 558 g/mol. The Hall–Kier alpha value is -1.45. The smallest absolute Gasteiger partial charge is 0.331 e. The topological polar surface area (TPSA) is 86.8 Å². The van der Waals surface area contributed by atoms with Gasteiger partial charge < -0.3 is 19.2 Å². The number of hydrogen-bond acceptors (Lipinski definition) is 6. The van der Waals surface area contributed by atoms with Gasteiger partial charge in [-0.05, 0) is 84.2 Å². The van der Waals surface area contributed by atoms with Crippen LogP contribution < -0.4 is 10.1 Å². The minimum Gasteiger partial charge on any atom is -0.477 e. The van der Waals surface area contributed by atoms with Crippen LogP contribution >= 0.6 is 15.9 Å². The molecule has 0 aliphatic heterocycles. The Bertz CT molecular complexity index is 867. The summed E-state index contributed by atoms with van der Waals surface area (Å²) in [4.78, 5) is 29.9. The minimum atomic E-state index is -1.75. The fourth-order valence-corrected chi connectivity index (χ4v) is 4.80. The van der Waals surface area contributed by atoms with Gasteiger partial charge in [-0.1, -0.05) is 34.6 Å². The number of pyridine rings is 1. The van der Waals surface area contributed by atoms with Gasteiger partial charge in [0.1, 0.15) is 11.2 Å². The lowest BCUT2D eigenvalue weighted by Crippen LogP contribution is -2.54. The first-order valence-electron chi connectivity index (χ1n) is 12.2. The molecule has 7 nitrogen and oxygen atoms in total. The van der Waals surface area contributed by atoms with E-state index in [1.165, 1.54) is 0 Å². The number of esters is 1. The van der Waals surface area contributed by atoms with Gasteiger partial charge >= 0.3 is 5.97 Å². The highest BCUT2D eigenvalue weighted by atomic mass is 79.9. The summed E-state index contributed by atoms with van der Waals surface area (Å²) in [6.07, 6.45) is 1.92. The Kier molecular flexibility index (Phi) is 9.75. The second-order valence-electron chi connectivity index (χ2n) is 10.6. The van der Waals surface area contributed by atoms with Crippen molar-refractivity contribution in [1.82, 2.24) is 10.3 Å². The highest BCUT2D eigenvalue weighted by Gasteiger charge is 2.43. The number of halogens is 1. The predicted octanol–water partition coefficient (Wildman–Crippen LogP) is 5.73. The van der Waals surface area contributed by atoms with Crippen molar-refractivity contribution in [2.45, 2.75) is 84.5 Å². The molecular formula is C25H41BrN2O5Si. The Morgan fingerprint density at radius 2 is 1.74 bits per heavy atom. The molecule has 34 heavy (non-hydrogen) atoms. The van der Waals surface area contributed by atoms with Gasteiger partial charge in [-0.3, -0.25) is 4.79 Å². The molecule has 2 rings (SSSR count). The molecule has 1 aliphatic rings. The summed E-state index contributed by atoms with van der Waals surface area (Å²) >= 11 is 3.46. The average Bonchev–Trinajstić information content (AvgIpc) is 3.53. The summed E-state index contributed by atoms with van der Waals surface area (Å²) in [6, 6.07) is 3.35. The first kappa shape index (κ1) is 28.8. The van der Waals surface area contributed by atoms with E-state index >= 15 is 0 Å². The monoisotopic (exact) mass is 556 g/mol. The van der Waals surface area contributed by atoms with Gasteiger partial charge in [0.25, 0.3) is 5.91 Å². The zero-order valence-electron chi connectivity index (χ0n) is 21.9. The van der Waals surface area contributed by atoms with E-state index in [2.05, 4.69) is 60.1 Å². The van der Waals surface area contributed by atoms with Crippen LogP contribution in [0.1, 0.15) is 71.3 Å². The molecule has 1 saturated carbocycles. The van der Waals surface area contributed by atoms with Gasteiger partial charge in [-0.15, -0.1) is 0 Å². The molecule has 1 aliphatic carbocycles. The maximum atomic E-state index is 12.9. The maximum Gasteiger partial charge on any atom is 0.331 e. The molecule has 0 bridgehead atoms. The number of nitrogens with one attached hydrogen (secondary N) is 1. The molecular weight excluding hydrogens is 516 g/mol. The molecule has 0 spiro atoms. The van der Waals surface area contributed by atoms with E-state index in [1.807, 2.05) is 13.8 Å². The highest BCUT2D eigenvalue weighted by Crippen LogP contribution is 2.42. The molecule has 0 unspecified atom stereocenters. The molecule has 1 aromatic rings. The lowest BCUT2D eigenvalue weighted by Gasteiger charge is -2.36. The standard InChI is InChI=1S/C25H41BrN2O5Si/c1-9-25(10-2,23(30)31-11-3)28-21(29)20-13-12-19(26)22(27-20)32-15-17-14-18(17)16-33-34(7,8)24(4,5)6/h12-13,17-18H,9-11,14-16H2,1-8H3,(H,28,29)/t17-,18+/m0/s1. The van der Waals surface area contributed by atoms with Gasteiger partial charge in [0, 0.05) is 6.61 Å². The lowest BCUT2D eigenvalue weighted by atomic mass is 9.92.